The van der Waals surface area contributed by atoms with Crippen LogP contribution in [0.4, 0.5) is 0 Å². The Hall–Kier alpha value is 1.15. The van der Waals surface area contributed by atoms with Crippen LogP contribution in [-0.4, -0.2) is 61.9 Å². The van der Waals surface area contributed by atoms with Gasteiger partial charge in [-0.2, -0.15) is 0 Å². The molecule has 0 radical (unpaired) electrons. The summed E-state index contributed by atoms with van der Waals surface area (Å²) >= 11 is -7.00. The SMILES string of the molecule is [O]=[Al][O-].[O]=[Al][O-].[O]=[Al][O-].[O]=[Al][O-].[Ru+4]. The van der Waals surface area contributed by atoms with Gasteiger partial charge < -0.3 is 0 Å². The minimum Gasteiger partial charge on any atom is 4.00 e. The van der Waals surface area contributed by atoms with E-state index in [1.807, 2.05) is 0 Å². The minimum absolute atomic E-state index is 0. The molecule has 0 aliphatic heterocycles. The third-order valence-corrected chi connectivity index (χ3v) is 0. The monoisotopic (exact) mass is 338 g/mol. The number of hydrogen-bond donors (Lipinski definition) is 0. The van der Waals surface area contributed by atoms with Gasteiger partial charge >= 0.3 is 113 Å². The van der Waals surface area contributed by atoms with E-state index in [1.54, 1.807) is 0 Å². The Morgan fingerprint density at radius 3 is 0.538 bits per heavy atom. The van der Waals surface area contributed by atoms with E-state index in [1.165, 1.54) is 0 Å². The summed E-state index contributed by atoms with van der Waals surface area (Å²) in [6.45, 7) is 0. The van der Waals surface area contributed by atoms with Crippen LogP contribution in [-0.2, 0) is 34.7 Å². The molecule has 0 bridgehead atoms. The van der Waals surface area contributed by atoms with E-state index >= 15 is 0 Å². The second-order valence-corrected chi connectivity index (χ2v) is 1.15. The zero-order valence-electron chi connectivity index (χ0n) is 5.93. The summed E-state index contributed by atoms with van der Waals surface area (Å²) in [6, 6.07) is 0. The van der Waals surface area contributed by atoms with Crippen LogP contribution >= 0.6 is 0 Å². The van der Waals surface area contributed by atoms with E-state index in [0.717, 1.165) is 0 Å². The molecule has 13 heteroatoms. The van der Waals surface area contributed by atoms with Crippen molar-refractivity contribution in [1.29, 1.82) is 0 Å². The molecule has 0 aromatic heterocycles. The smallest absolute Gasteiger partial charge is 4.00 e. The van der Waals surface area contributed by atoms with Crippen molar-refractivity contribution in [2.24, 2.45) is 0 Å². The van der Waals surface area contributed by atoms with Gasteiger partial charge in [-0.05, 0) is 0 Å². The van der Waals surface area contributed by atoms with Gasteiger partial charge in [-0.1, -0.05) is 0 Å². The van der Waals surface area contributed by atoms with Crippen LogP contribution in [0.1, 0.15) is 0 Å². The third-order valence-electron chi connectivity index (χ3n) is 0. The molecule has 8 nitrogen and oxygen atoms in total. The Balaban J connectivity index is -0.0000000213. The Morgan fingerprint density at radius 1 is 0.538 bits per heavy atom. The van der Waals surface area contributed by atoms with E-state index in [2.05, 4.69) is 0 Å². The average Bonchev–Trinajstić information content (AvgIpc) is 1.92. The van der Waals surface area contributed by atoms with Crippen molar-refractivity contribution < 1.29 is 51.3 Å². The molecule has 0 amide bonds. The van der Waals surface area contributed by atoms with Gasteiger partial charge in [0.1, 0.15) is 0 Å². The Bertz CT molecular complexity index is 70.1. The molecule has 0 unspecified atom stereocenters. The maximum absolute atomic E-state index is 8.46. The van der Waals surface area contributed by atoms with Crippen LogP contribution in [0.2, 0.25) is 0 Å². The van der Waals surface area contributed by atoms with Crippen molar-refractivity contribution in [3.8, 4) is 0 Å². The van der Waals surface area contributed by atoms with E-state index < -0.39 is 61.9 Å². The van der Waals surface area contributed by atoms with Crippen LogP contribution in [0, 0.1) is 0 Å². The molecule has 0 N–H and O–H groups in total. The van der Waals surface area contributed by atoms with Crippen LogP contribution < -0.4 is 16.6 Å². The quantitative estimate of drug-likeness (QED) is 0.394. The summed E-state index contributed by atoms with van der Waals surface area (Å²) in [5, 5.41) is 0. The van der Waals surface area contributed by atoms with Gasteiger partial charge in [0.25, 0.3) is 0 Å². The molecule has 0 spiro atoms. The molecule has 0 rings (SSSR count). The number of rotatable bonds is 0. The first-order chi connectivity index (χ1) is 5.66. The molecule has 0 aliphatic rings. The predicted molar refractivity (Wildman–Crippen MR) is 25.8 cm³/mol. The van der Waals surface area contributed by atoms with Crippen molar-refractivity contribution in [1.82, 2.24) is 0 Å². The first-order valence-electron chi connectivity index (χ1n) is 1.89. The van der Waals surface area contributed by atoms with Crippen LogP contribution in [0.15, 0.2) is 0 Å². The molecule has 13 heavy (non-hydrogen) atoms. The van der Waals surface area contributed by atoms with E-state index in [9.17, 15) is 0 Å². The minimum atomic E-state index is -1.75. The summed E-state index contributed by atoms with van der Waals surface area (Å²) in [6.07, 6.45) is 0. The van der Waals surface area contributed by atoms with Gasteiger partial charge in [-0.25, -0.2) is 0 Å². The second kappa shape index (κ2) is 73.2. The standard InChI is InChI=1S/4Al.8O.Ru/q;;;;;;;;4*-1;+4. The van der Waals surface area contributed by atoms with E-state index in [0.29, 0.717) is 0 Å². The van der Waals surface area contributed by atoms with Gasteiger partial charge in [0.2, 0.25) is 0 Å². The fourth-order valence-corrected chi connectivity index (χ4v) is 0. The molecule has 0 aromatic carbocycles. The molecular weight excluding hydrogens is 337 g/mol. The first-order valence-corrected chi connectivity index (χ1v) is 5.66. The molecular formula is Al4O8Ru. The Labute approximate surface area is 112 Å². The zero-order chi connectivity index (χ0) is 10.8. The normalized spacial score (nSPS) is 2.46. The molecule has 0 heterocycles. The molecule has 0 aromatic rings. The zero-order valence-corrected chi connectivity index (χ0v) is 12.3. The van der Waals surface area contributed by atoms with E-state index in [-0.39, 0.29) is 19.5 Å². The largest absolute Gasteiger partial charge is 4.00 e. The predicted octanol–water partition coefficient (Wildman–Crippen LogP) is -6.76. The summed E-state index contributed by atoms with van der Waals surface area (Å²) in [5.74, 6) is 0. The van der Waals surface area contributed by atoms with Crippen molar-refractivity contribution in [2.45, 2.75) is 0 Å². The van der Waals surface area contributed by atoms with Gasteiger partial charge in [-0.15, -0.1) is 0 Å². The van der Waals surface area contributed by atoms with E-state index in [4.69, 9.17) is 31.8 Å². The Kier molecular flexibility index (Phi) is 164. The fraction of sp³-hybridized carbons (Fsp3) is 0. The first kappa shape index (κ1) is 29.2. The second-order valence-electron chi connectivity index (χ2n) is 0.385. The summed E-state index contributed by atoms with van der Waals surface area (Å²) in [4.78, 5) is 0. The topological polar surface area (TPSA) is 161 Å². The fourth-order valence-electron chi connectivity index (χ4n) is 0. The van der Waals surface area contributed by atoms with Gasteiger partial charge in [0.05, 0.1) is 0 Å². The van der Waals surface area contributed by atoms with Crippen molar-refractivity contribution in [3.63, 3.8) is 0 Å². The molecule has 68 valence electrons. The van der Waals surface area contributed by atoms with Crippen LogP contribution in [0.25, 0.3) is 0 Å². The number of hydrogen-bond acceptors (Lipinski definition) is 8. The van der Waals surface area contributed by atoms with Crippen LogP contribution in [0.5, 0.6) is 0 Å². The maximum atomic E-state index is 8.46. The van der Waals surface area contributed by atoms with Crippen molar-refractivity contribution in [2.75, 3.05) is 0 Å². The summed E-state index contributed by atoms with van der Waals surface area (Å²) in [7, 11) is 0. The molecule has 0 aliphatic carbocycles. The average molecular weight is 337 g/mol. The maximum Gasteiger partial charge on any atom is 4.00 e. The summed E-state index contributed by atoms with van der Waals surface area (Å²) < 4.78 is 67.7. The van der Waals surface area contributed by atoms with Gasteiger partial charge in [0, 0.05) is 0 Å². The molecule has 0 saturated carbocycles. The van der Waals surface area contributed by atoms with Crippen molar-refractivity contribution >= 4 is 61.9 Å². The molecule has 0 fully saturated rings. The van der Waals surface area contributed by atoms with Gasteiger partial charge in [-0.3, -0.25) is 0 Å². The van der Waals surface area contributed by atoms with Gasteiger partial charge in [0.15, 0.2) is 0 Å². The van der Waals surface area contributed by atoms with Crippen LogP contribution in [0.3, 0.4) is 0 Å². The Morgan fingerprint density at radius 2 is 0.538 bits per heavy atom. The summed E-state index contributed by atoms with van der Waals surface area (Å²) in [5.41, 5.74) is 0. The van der Waals surface area contributed by atoms with Crippen molar-refractivity contribution in [3.05, 3.63) is 0 Å². The molecule has 0 saturated heterocycles. The molecule has 0 atom stereocenters. The third kappa shape index (κ3) is 1230.